The highest BCUT2D eigenvalue weighted by atomic mass is 32.1. The van der Waals surface area contributed by atoms with Crippen LogP contribution in [-0.2, 0) is 27.3 Å². The molecule has 3 N–H and O–H groups in total. The van der Waals surface area contributed by atoms with E-state index in [-0.39, 0.29) is 36.7 Å². The summed E-state index contributed by atoms with van der Waals surface area (Å²) >= 11 is 5.79. The lowest BCUT2D eigenvalue weighted by molar-refractivity contribution is -0.133. The Morgan fingerprint density at radius 3 is 2.61 bits per heavy atom. The van der Waals surface area contributed by atoms with Crippen LogP contribution in [0.2, 0.25) is 0 Å². The number of aromatic nitrogens is 1. The summed E-state index contributed by atoms with van der Waals surface area (Å²) in [7, 11) is 0. The largest absolute Gasteiger partial charge is 0.444 e. The van der Waals surface area contributed by atoms with Crippen molar-refractivity contribution in [3.05, 3.63) is 71.9 Å². The second kappa shape index (κ2) is 11.9. The Kier molecular flexibility index (Phi) is 8.30. The van der Waals surface area contributed by atoms with E-state index in [9.17, 15) is 14.4 Å². The molecule has 2 aliphatic heterocycles. The van der Waals surface area contributed by atoms with E-state index in [4.69, 9.17) is 17.0 Å². The smallest absolute Gasteiger partial charge is 0.408 e. The molecule has 0 saturated carbocycles. The fourth-order valence-corrected chi connectivity index (χ4v) is 6.04. The predicted molar refractivity (Wildman–Crippen MR) is 161 cm³/mol. The molecule has 3 heterocycles. The van der Waals surface area contributed by atoms with Crippen LogP contribution in [0.4, 0.5) is 4.79 Å². The number of ether oxygens (including phenoxy) is 1. The molecule has 0 aliphatic carbocycles. The van der Waals surface area contributed by atoms with E-state index in [1.807, 2.05) is 60.8 Å². The third-order valence-corrected chi connectivity index (χ3v) is 8.01. The van der Waals surface area contributed by atoms with Crippen molar-refractivity contribution in [1.82, 2.24) is 25.4 Å². The van der Waals surface area contributed by atoms with Crippen molar-refractivity contribution < 1.29 is 19.1 Å². The molecule has 2 aromatic carbocycles. The van der Waals surface area contributed by atoms with E-state index in [0.717, 1.165) is 35.0 Å². The van der Waals surface area contributed by atoms with Crippen molar-refractivity contribution in [1.29, 1.82) is 0 Å². The number of piperidine rings is 1. The zero-order valence-corrected chi connectivity index (χ0v) is 24.5. The van der Waals surface area contributed by atoms with Crippen molar-refractivity contribution in [3.8, 4) is 0 Å². The maximum Gasteiger partial charge on any atom is 0.408 e. The molecule has 3 aromatic rings. The van der Waals surface area contributed by atoms with Crippen LogP contribution in [0.25, 0.3) is 10.9 Å². The molecule has 0 bridgehead atoms. The molecular formula is C31H37N5O4S. The number of hydrogen-bond acceptors (Lipinski definition) is 5. The van der Waals surface area contributed by atoms with Gasteiger partial charge in [0.1, 0.15) is 11.6 Å². The van der Waals surface area contributed by atoms with Gasteiger partial charge in [-0.25, -0.2) is 4.79 Å². The minimum atomic E-state index is -0.875. The van der Waals surface area contributed by atoms with Gasteiger partial charge in [0, 0.05) is 42.5 Å². The lowest BCUT2D eigenvalue weighted by Crippen LogP contribution is -2.65. The van der Waals surface area contributed by atoms with Crippen molar-refractivity contribution in [2.45, 2.75) is 76.7 Å². The number of carbonyl (C=O) groups excluding carboxylic acids is 3. The number of benzene rings is 2. The van der Waals surface area contributed by atoms with Crippen LogP contribution in [0, 0.1) is 0 Å². The van der Waals surface area contributed by atoms with Gasteiger partial charge in [-0.05, 0) is 63.0 Å². The number of rotatable bonds is 7. The van der Waals surface area contributed by atoms with Crippen LogP contribution < -0.4 is 10.6 Å². The molecule has 10 heteroatoms. The SMILES string of the molecule is CC(C)(C)OC(=O)N[C@@H](Cc1c[nH]c2ccccc12)C(=O)NC1CCCN2C(=S)N(Cc3ccccc3)C(=O)CC12. The van der Waals surface area contributed by atoms with Crippen LogP contribution in [-0.4, -0.2) is 68.1 Å². The molecule has 3 amide bonds. The lowest BCUT2D eigenvalue weighted by atomic mass is 9.91. The highest BCUT2D eigenvalue weighted by molar-refractivity contribution is 7.80. The second-order valence-electron chi connectivity index (χ2n) is 11.7. The van der Waals surface area contributed by atoms with Crippen LogP contribution >= 0.6 is 12.2 Å². The van der Waals surface area contributed by atoms with Crippen LogP contribution in [0.5, 0.6) is 0 Å². The number of amides is 3. The fourth-order valence-electron chi connectivity index (χ4n) is 5.65. The van der Waals surface area contributed by atoms with Gasteiger partial charge in [0.2, 0.25) is 11.8 Å². The quantitative estimate of drug-likeness (QED) is 0.364. The Labute approximate surface area is 245 Å². The van der Waals surface area contributed by atoms with Crippen molar-refractivity contribution in [2.75, 3.05) is 6.54 Å². The van der Waals surface area contributed by atoms with Crippen molar-refractivity contribution in [2.24, 2.45) is 0 Å². The van der Waals surface area contributed by atoms with E-state index in [1.54, 1.807) is 25.7 Å². The monoisotopic (exact) mass is 575 g/mol. The van der Waals surface area contributed by atoms with Gasteiger partial charge in [-0.2, -0.15) is 0 Å². The Hall–Kier alpha value is -3.92. The van der Waals surface area contributed by atoms with E-state index in [2.05, 4.69) is 20.5 Å². The third kappa shape index (κ3) is 6.70. The molecule has 9 nitrogen and oxygen atoms in total. The summed E-state index contributed by atoms with van der Waals surface area (Å²) in [5.74, 6) is -0.374. The normalized spacial score (nSPS) is 20.0. The van der Waals surface area contributed by atoms with Gasteiger partial charge in [0.05, 0.1) is 12.6 Å². The summed E-state index contributed by atoms with van der Waals surface area (Å²) in [4.78, 5) is 46.8. The van der Waals surface area contributed by atoms with Gasteiger partial charge in [0.25, 0.3) is 0 Å². The molecule has 2 aliphatic rings. The number of para-hydroxylation sites is 1. The first kappa shape index (κ1) is 28.6. The minimum absolute atomic E-state index is 0.0523. The Morgan fingerprint density at radius 1 is 1.12 bits per heavy atom. The molecule has 3 atom stereocenters. The van der Waals surface area contributed by atoms with Gasteiger partial charge in [0.15, 0.2) is 5.11 Å². The van der Waals surface area contributed by atoms with Gasteiger partial charge < -0.3 is 25.3 Å². The number of fused-ring (bicyclic) bond motifs is 2. The molecule has 2 fully saturated rings. The number of hydrogen-bond donors (Lipinski definition) is 3. The zero-order valence-electron chi connectivity index (χ0n) is 23.7. The number of nitrogens with one attached hydrogen (secondary N) is 3. The molecule has 2 unspecified atom stereocenters. The summed E-state index contributed by atoms with van der Waals surface area (Å²) in [6, 6.07) is 16.2. The van der Waals surface area contributed by atoms with Crippen LogP contribution in [0.3, 0.4) is 0 Å². The first-order chi connectivity index (χ1) is 19.6. The molecule has 5 rings (SSSR count). The first-order valence-electron chi connectivity index (χ1n) is 14.1. The van der Waals surface area contributed by atoms with Crippen molar-refractivity contribution in [3.63, 3.8) is 0 Å². The number of H-pyrrole nitrogens is 1. The fraction of sp³-hybridized carbons (Fsp3) is 0.419. The zero-order chi connectivity index (χ0) is 29.1. The first-order valence-corrected chi connectivity index (χ1v) is 14.5. The van der Waals surface area contributed by atoms with Crippen molar-refractivity contribution >= 4 is 46.1 Å². The molecule has 1 aromatic heterocycles. The summed E-state index contributed by atoms with van der Waals surface area (Å²) in [5, 5.41) is 7.43. The molecule has 2 saturated heterocycles. The number of alkyl carbamates (subject to hydrolysis) is 1. The third-order valence-electron chi connectivity index (χ3n) is 7.56. The average molecular weight is 576 g/mol. The standard InChI is InChI=1S/C31H37N5O4S/c1-31(2,3)40-29(39)34-25(16-21-18-32-23-13-8-7-12-22(21)23)28(38)33-24-14-9-15-35-26(24)17-27(37)36(30(35)41)19-20-10-5-4-6-11-20/h4-8,10-13,18,24-26,32H,9,14-17,19H2,1-3H3,(H,33,38)(H,34,39)/t24?,25-,26?/m0/s1. The topological polar surface area (TPSA) is 107 Å². The molecule has 216 valence electrons. The average Bonchev–Trinajstić information content (AvgIpc) is 3.33. The number of nitrogens with zero attached hydrogens (tertiary/aromatic N) is 2. The van der Waals surface area contributed by atoms with Crippen LogP contribution in [0.1, 0.15) is 51.2 Å². The maximum atomic E-state index is 13.8. The van der Waals surface area contributed by atoms with E-state index >= 15 is 0 Å². The van der Waals surface area contributed by atoms with Gasteiger partial charge >= 0.3 is 6.09 Å². The van der Waals surface area contributed by atoms with Crippen LogP contribution in [0.15, 0.2) is 60.8 Å². The Morgan fingerprint density at radius 2 is 1.85 bits per heavy atom. The Bertz CT molecular complexity index is 1430. The summed E-state index contributed by atoms with van der Waals surface area (Å²) in [6.45, 7) is 6.49. The minimum Gasteiger partial charge on any atom is -0.444 e. The Balaban J connectivity index is 1.32. The van der Waals surface area contributed by atoms with E-state index in [0.29, 0.717) is 18.1 Å². The molecule has 41 heavy (non-hydrogen) atoms. The van der Waals surface area contributed by atoms with Gasteiger partial charge in [-0.3, -0.25) is 14.5 Å². The summed E-state index contributed by atoms with van der Waals surface area (Å²) < 4.78 is 5.48. The maximum absolute atomic E-state index is 13.8. The molecule has 0 radical (unpaired) electrons. The summed E-state index contributed by atoms with van der Waals surface area (Å²) in [6.07, 6.45) is 3.27. The number of thiocarbonyl (C=S) groups is 1. The lowest BCUT2D eigenvalue weighted by Gasteiger charge is -2.48. The molecular weight excluding hydrogens is 538 g/mol. The predicted octanol–water partition coefficient (Wildman–Crippen LogP) is 4.27. The van der Waals surface area contributed by atoms with Gasteiger partial charge in [-0.1, -0.05) is 48.5 Å². The van der Waals surface area contributed by atoms with E-state index in [1.165, 1.54) is 0 Å². The summed E-state index contributed by atoms with van der Waals surface area (Å²) in [5.41, 5.74) is 2.17. The number of aromatic amines is 1. The highest BCUT2D eigenvalue weighted by Gasteiger charge is 2.43. The second-order valence-corrected chi connectivity index (χ2v) is 12.1. The number of carbonyl (C=O) groups is 3. The van der Waals surface area contributed by atoms with E-state index < -0.39 is 17.7 Å². The highest BCUT2D eigenvalue weighted by Crippen LogP contribution is 2.28. The molecule has 0 spiro atoms. The van der Waals surface area contributed by atoms with Gasteiger partial charge in [-0.15, -0.1) is 0 Å².